The second kappa shape index (κ2) is 4.15. The summed E-state index contributed by atoms with van der Waals surface area (Å²) in [7, 11) is 0. The molecule has 96 valence electrons. The smallest absolute Gasteiger partial charge is 0.364 e. The fraction of sp³-hybridized carbons (Fsp3) is 0.308. The van der Waals surface area contributed by atoms with Crippen LogP contribution in [0.1, 0.15) is 19.5 Å². The normalized spacial score (nSPS) is 12.7. The Bertz CT molecular complexity index is 529. The number of hydrogen-bond acceptors (Lipinski definition) is 2. The molecule has 0 aliphatic rings. The summed E-state index contributed by atoms with van der Waals surface area (Å²) in [6.45, 7) is 2.19. The lowest BCUT2D eigenvalue weighted by atomic mass is 9.84. The topological polar surface area (TPSA) is 26.0 Å². The van der Waals surface area contributed by atoms with Crippen LogP contribution in [0.5, 0.6) is 0 Å². The van der Waals surface area contributed by atoms with E-state index in [1.165, 1.54) is 6.26 Å². The van der Waals surface area contributed by atoms with E-state index >= 15 is 0 Å². The van der Waals surface area contributed by atoms with Crippen LogP contribution >= 0.6 is 0 Å². The summed E-state index contributed by atoms with van der Waals surface area (Å²) >= 11 is 0. The van der Waals surface area contributed by atoms with Crippen molar-refractivity contribution in [3.8, 4) is 11.1 Å². The van der Waals surface area contributed by atoms with Gasteiger partial charge in [-0.3, -0.25) is 0 Å². The Morgan fingerprint density at radius 2 is 1.67 bits per heavy atom. The Balaban J connectivity index is 2.53. The van der Waals surface area contributed by atoms with Gasteiger partial charge in [-0.25, -0.2) is 0 Å². The van der Waals surface area contributed by atoms with Crippen molar-refractivity contribution in [2.24, 2.45) is 0 Å². The zero-order valence-electron chi connectivity index (χ0n) is 9.95. The van der Waals surface area contributed by atoms with Crippen LogP contribution in [0, 0.1) is 0 Å². The van der Waals surface area contributed by atoms with Crippen LogP contribution < -0.4 is 0 Å². The highest BCUT2D eigenvalue weighted by atomic mass is 19.4. The first-order valence-corrected chi connectivity index (χ1v) is 5.41. The number of aromatic nitrogens is 1. The first-order chi connectivity index (χ1) is 8.34. The molecule has 0 atom stereocenters. The largest absolute Gasteiger partial charge is 0.399 e. The third-order valence-corrected chi connectivity index (χ3v) is 2.96. The van der Waals surface area contributed by atoms with Gasteiger partial charge in [0.25, 0.3) is 0 Å². The van der Waals surface area contributed by atoms with E-state index in [1.807, 2.05) is 0 Å². The average Bonchev–Trinajstić information content (AvgIpc) is 2.78. The minimum absolute atomic E-state index is 0.0961. The Kier molecular flexibility index (Phi) is 2.92. The summed E-state index contributed by atoms with van der Waals surface area (Å²) in [6, 6.07) is 8.76. The second-order valence-electron chi connectivity index (χ2n) is 4.57. The van der Waals surface area contributed by atoms with Crippen LogP contribution in [0.3, 0.4) is 0 Å². The second-order valence-corrected chi connectivity index (χ2v) is 4.57. The molecule has 0 N–H and O–H groups in total. The van der Waals surface area contributed by atoms with Crippen molar-refractivity contribution >= 4 is 0 Å². The molecule has 0 aliphatic heterocycles. The van der Waals surface area contributed by atoms with E-state index in [-0.39, 0.29) is 5.69 Å². The first-order valence-electron chi connectivity index (χ1n) is 5.41. The summed E-state index contributed by atoms with van der Waals surface area (Å²) in [5.74, 6) is 0. The summed E-state index contributed by atoms with van der Waals surface area (Å²) in [5, 5.41) is 3.54. The molecule has 0 bridgehead atoms. The molecule has 0 unspecified atom stereocenters. The Morgan fingerprint density at radius 3 is 2.22 bits per heavy atom. The van der Waals surface area contributed by atoms with E-state index in [1.54, 1.807) is 30.3 Å². The van der Waals surface area contributed by atoms with Crippen molar-refractivity contribution in [2.45, 2.75) is 25.4 Å². The average molecular weight is 255 g/mol. The fourth-order valence-corrected chi connectivity index (χ4v) is 1.64. The molecule has 0 radical (unpaired) electrons. The maximum Gasteiger partial charge on any atom is 0.399 e. The lowest BCUT2D eigenvalue weighted by Crippen LogP contribution is -2.37. The van der Waals surface area contributed by atoms with Crippen molar-refractivity contribution in [1.82, 2.24) is 5.16 Å². The molecular formula is C13H12F3NO. The Hall–Kier alpha value is -1.78. The van der Waals surface area contributed by atoms with Crippen molar-refractivity contribution < 1.29 is 17.7 Å². The first kappa shape index (κ1) is 12.7. The van der Waals surface area contributed by atoms with Gasteiger partial charge in [-0.05, 0) is 19.4 Å². The number of nitrogens with zero attached hydrogens (tertiary/aromatic N) is 1. The fourth-order valence-electron chi connectivity index (χ4n) is 1.64. The molecule has 0 saturated heterocycles. The van der Waals surface area contributed by atoms with E-state index in [9.17, 15) is 13.2 Å². The van der Waals surface area contributed by atoms with Crippen molar-refractivity contribution in [2.75, 3.05) is 0 Å². The summed E-state index contributed by atoms with van der Waals surface area (Å²) in [5.41, 5.74) is -1.12. The molecule has 0 aliphatic carbocycles. The molecule has 0 saturated carbocycles. The van der Waals surface area contributed by atoms with Gasteiger partial charge in [0.05, 0.1) is 0 Å². The molecule has 0 amide bonds. The molecule has 18 heavy (non-hydrogen) atoms. The Labute approximate surface area is 102 Å². The molecule has 5 heteroatoms. The number of rotatable bonds is 2. The summed E-state index contributed by atoms with van der Waals surface area (Å²) in [4.78, 5) is 0. The van der Waals surface area contributed by atoms with Crippen LogP contribution in [0.2, 0.25) is 0 Å². The maximum atomic E-state index is 13.0. The third kappa shape index (κ3) is 2.00. The van der Waals surface area contributed by atoms with Gasteiger partial charge in [-0.1, -0.05) is 35.5 Å². The molecule has 2 aromatic rings. The standard InChI is InChI=1S/C13H12F3NO/c1-12(2,13(14,15)16)11-10(8-18-17-11)9-6-4-3-5-7-9/h3-8H,1-2H3. The SMILES string of the molecule is CC(C)(c1nocc1-c1ccccc1)C(F)(F)F. The van der Waals surface area contributed by atoms with Crippen molar-refractivity contribution in [3.63, 3.8) is 0 Å². The predicted octanol–water partition coefficient (Wildman–Crippen LogP) is 4.18. The highest BCUT2D eigenvalue weighted by Gasteiger charge is 2.51. The van der Waals surface area contributed by atoms with Crippen LogP contribution in [0.25, 0.3) is 11.1 Å². The quantitative estimate of drug-likeness (QED) is 0.804. The van der Waals surface area contributed by atoms with Gasteiger partial charge >= 0.3 is 6.18 Å². The van der Waals surface area contributed by atoms with E-state index in [0.29, 0.717) is 11.1 Å². The maximum absolute atomic E-state index is 13.0. The van der Waals surface area contributed by atoms with Gasteiger partial charge in [0, 0.05) is 5.56 Å². The summed E-state index contributed by atoms with van der Waals surface area (Å²) in [6.07, 6.45) is -3.13. The molecule has 2 rings (SSSR count). The molecule has 1 aromatic carbocycles. The molecule has 2 nitrogen and oxygen atoms in total. The Morgan fingerprint density at radius 1 is 1.06 bits per heavy atom. The van der Waals surface area contributed by atoms with Crippen molar-refractivity contribution in [3.05, 3.63) is 42.3 Å². The van der Waals surface area contributed by atoms with Crippen LogP contribution in [-0.4, -0.2) is 11.3 Å². The molecule has 0 fully saturated rings. The van der Waals surface area contributed by atoms with Gasteiger partial charge in [-0.2, -0.15) is 13.2 Å². The van der Waals surface area contributed by atoms with E-state index in [4.69, 9.17) is 4.52 Å². The van der Waals surface area contributed by atoms with Crippen LogP contribution in [0.15, 0.2) is 41.1 Å². The minimum Gasteiger partial charge on any atom is -0.364 e. The van der Waals surface area contributed by atoms with Crippen LogP contribution in [-0.2, 0) is 5.41 Å². The van der Waals surface area contributed by atoms with Gasteiger partial charge in [0.15, 0.2) is 0 Å². The van der Waals surface area contributed by atoms with Gasteiger partial charge in [0.1, 0.15) is 17.4 Å². The minimum atomic E-state index is -4.38. The summed E-state index contributed by atoms with van der Waals surface area (Å²) < 4.78 is 43.8. The number of hydrogen-bond donors (Lipinski definition) is 0. The van der Waals surface area contributed by atoms with Crippen LogP contribution in [0.4, 0.5) is 13.2 Å². The lowest BCUT2D eigenvalue weighted by molar-refractivity contribution is -0.181. The third-order valence-electron chi connectivity index (χ3n) is 2.96. The zero-order chi connectivity index (χ0) is 13.4. The van der Waals surface area contributed by atoms with Gasteiger partial charge in [-0.15, -0.1) is 0 Å². The molecule has 0 spiro atoms. The highest BCUT2D eigenvalue weighted by molar-refractivity contribution is 5.66. The number of benzene rings is 1. The number of halogens is 3. The number of alkyl halides is 3. The highest BCUT2D eigenvalue weighted by Crippen LogP contribution is 2.43. The molecule has 1 aromatic heterocycles. The van der Waals surface area contributed by atoms with E-state index in [0.717, 1.165) is 13.8 Å². The monoisotopic (exact) mass is 255 g/mol. The molecule has 1 heterocycles. The van der Waals surface area contributed by atoms with Gasteiger partial charge in [0.2, 0.25) is 0 Å². The zero-order valence-corrected chi connectivity index (χ0v) is 9.95. The van der Waals surface area contributed by atoms with E-state index in [2.05, 4.69) is 5.16 Å². The lowest BCUT2D eigenvalue weighted by Gasteiger charge is -2.26. The predicted molar refractivity (Wildman–Crippen MR) is 61.0 cm³/mol. The molecular weight excluding hydrogens is 243 g/mol. The van der Waals surface area contributed by atoms with Crippen molar-refractivity contribution in [1.29, 1.82) is 0 Å². The van der Waals surface area contributed by atoms with Gasteiger partial charge < -0.3 is 4.52 Å². The van der Waals surface area contributed by atoms with E-state index < -0.39 is 11.6 Å².